The molecule has 1 fully saturated rings. The minimum absolute atomic E-state index is 0.0806. The van der Waals surface area contributed by atoms with Crippen LogP contribution in [0.4, 0.5) is 23.4 Å². The minimum Gasteiger partial charge on any atom is -0.368 e. The largest absolute Gasteiger partial charge is 0.417 e. The number of aryl methyl sites for hydroxylation is 1. The van der Waals surface area contributed by atoms with Gasteiger partial charge < -0.3 is 10.2 Å². The first-order valence-electron chi connectivity index (χ1n) is 11.3. The molecule has 4 rings (SSSR count). The van der Waals surface area contributed by atoms with Crippen LogP contribution < -0.4 is 5.32 Å². The maximum Gasteiger partial charge on any atom is 0.417 e. The van der Waals surface area contributed by atoms with E-state index in [2.05, 4.69) is 20.3 Å². The first-order valence-corrected chi connectivity index (χ1v) is 11.3. The van der Waals surface area contributed by atoms with Gasteiger partial charge in [0.05, 0.1) is 17.2 Å². The predicted molar refractivity (Wildman–Crippen MR) is 123 cm³/mol. The van der Waals surface area contributed by atoms with Crippen LogP contribution in [0.15, 0.2) is 48.9 Å². The summed E-state index contributed by atoms with van der Waals surface area (Å²) in [5, 5.41) is 3.04. The number of halogens is 4. The number of hydrogen-bond acceptors (Lipinski definition) is 5. The second-order valence-electron chi connectivity index (χ2n) is 8.68. The Morgan fingerprint density at radius 2 is 1.89 bits per heavy atom. The summed E-state index contributed by atoms with van der Waals surface area (Å²) in [7, 11) is 0. The van der Waals surface area contributed by atoms with Gasteiger partial charge in [-0.2, -0.15) is 13.2 Å². The highest BCUT2D eigenvalue weighted by molar-refractivity contribution is 6.01. The van der Waals surface area contributed by atoms with E-state index < -0.39 is 23.5 Å². The van der Waals surface area contributed by atoms with Gasteiger partial charge in [-0.15, -0.1) is 0 Å². The third kappa shape index (κ3) is 5.26. The number of amides is 1. The van der Waals surface area contributed by atoms with Crippen molar-refractivity contribution >= 4 is 11.7 Å². The molecule has 1 amide bonds. The number of piperidine rings is 1. The van der Waals surface area contributed by atoms with Crippen LogP contribution in [0, 0.1) is 18.7 Å². The Hall–Kier alpha value is -3.56. The molecule has 0 saturated carbocycles. The Morgan fingerprint density at radius 3 is 2.54 bits per heavy atom. The molecule has 0 spiro atoms. The number of rotatable bonds is 5. The van der Waals surface area contributed by atoms with Gasteiger partial charge in [0.15, 0.2) is 5.82 Å². The lowest BCUT2D eigenvalue weighted by atomic mass is 9.89. The van der Waals surface area contributed by atoms with Crippen molar-refractivity contribution in [1.82, 2.24) is 19.9 Å². The zero-order valence-corrected chi connectivity index (χ0v) is 19.3. The summed E-state index contributed by atoms with van der Waals surface area (Å²) in [6.07, 6.45) is 0.990. The number of benzene rings is 1. The molecular weight excluding hydrogens is 462 g/mol. The number of carbonyl (C=O) groups is 1. The van der Waals surface area contributed by atoms with Crippen molar-refractivity contribution < 1.29 is 22.4 Å². The van der Waals surface area contributed by atoms with Crippen molar-refractivity contribution in [2.75, 3.05) is 18.4 Å². The summed E-state index contributed by atoms with van der Waals surface area (Å²) in [6.45, 7) is 4.46. The fraction of sp³-hybridized carbons (Fsp3) is 0.360. The molecule has 3 heterocycles. The molecule has 2 aromatic heterocycles. The van der Waals surface area contributed by atoms with Gasteiger partial charge in [-0.1, -0.05) is 13.0 Å². The number of anilines is 1. The molecule has 6 nitrogen and oxygen atoms in total. The number of hydrogen-bond donors (Lipinski definition) is 1. The van der Waals surface area contributed by atoms with Gasteiger partial charge in [0.25, 0.3) is 5.91 Å². The van der Waals surface area contributed by atoms with E-state index >= 15 is 4.39 Å². The molecule has 1 aromatic carbocycles. The van der Waals surface area contributed by atoms with Crippen LogP contribution in [0.5, 0.6) is 0 Å². The standard InChI is InChI=1S/C25H25F4N5O/c1-15-5-3-12-34(19(15)14-33-20-9-7-17(13-32-20)25(27,28)29)24(35)22-18(26)8-6-16(2)21(22)23-30-10-4-11-31-23/h4,6-11,13,15,19H,3,5,12,14H2,1-2H3,(H,32,33)/t15-,19-/m1/s1. The maximum atomic E-state index is 15.1. The number of nitrogens with zero attached hydrogens (tertiary/aromatic N) is 4. The van der Waals surface area contributed by atoms with Gasteiger partial charge in [0.1, 0.15) is 11.6 Å². The summed E-state index contributed by atoms with van der Waals surface area (Å²) in [6, 6.07) is 6.39. The van der Waals surface area contributed by atoms with Crippen LogP contribution in [-0.2, 0) is 6.18 Å². The van der Waals surface area contributed by atoms with Crippen molar-refractivity contribution in [3.8, 4) is 11.4 Å². The summed E-state index contributed by atoms with van der Waals surface area (Å²) >= 11 is 0. The van der Waals surface area contributed by atoms with E-state index in [0.717, 1.165) is 25.1 Å². The van der Waals surface area contributed by atoms with Crippen molar-refractivity contribution in [2.24, 2.45) is 5.92 Å². The van der Waals surface area contributed by atoms with Gasteiger partial charge in [0, 0.05) is 37.2 Å². The maximum absolute atomic E-state index is 15.1. The Balaban J connectivity index is 1.61. The lowest BCUT2D eigenvalue weighted by molar-refractivity contribution is -0.137. The van der Waals surface area contributed by atoms with E-state index in [-0.39, 0.29) is 35.7 Å². The van der Waals surface area contributed by atoms with E-state index in [1.54, 1.807) is 24.0 Å². The summed E-state index contributed by atoms with van der Waals surface area (Å²) in [5.41, 5.74) is 0.110. The lowest BCUT2D eigenvalue weighted by Gasteiger charge is -2.40. The van der Waals surface area contributed by atoms with Gasteiger partial charge >= 0.3 is 6.18 Å². The molecule has 2 atom stereocenters. The zero-order chi connectivity index (χ0) is 25.2. The normalized spacial score (nSPS) is 18.4. The molecule has 0 aliphatic carbocycles. The summed E-state index contributed by atoms with van der Waals surface area (Å²) < 4.78 is 53.6. The molecule has 1 aliphatic rings. The Morgan fingerprint density at radius 1 is 1.14 bits per heavy atom. The Labute approximate surface area is 200 Å². The molecule has 35 heavy (non-hydrogen) atoms. The Kier molecular flexibility index (Phi) is 7.00. The summed E-state index contributed by atoms with van der Waals surface area (Å²) in [4.78, 5) is 27.7. The van der Waals surface area contributed by atoms with E-state index in [4.69, 9.17) is 0 Å². The fourth-order valence-electron chi connectivity index (χ4n) is 4.44. The van der Waals surface area contributed by atoms with Crippen LogP contribution >= 0.6 is 0 Å². The number of aromatic nitrogens is 3. The highest BCUT2D eigenvalue weighted by Crippen LogP contribution is 2.32. The third-order valence-electron chi connectivity index (χ3n) is 6.33. The van der Waals surface area contributed by atoms with Crippen molar-refractivity contribution in [3.05, 3.63) is 71.4 Å². The van der Waals surface area contributed by atoms with Crippen molar-refractivity contribution in [1.29, 1.82) is 0 Å². The number of likely N-dealkylation sites (tertiary alicyclic amines) is 1. The fourth-order valence-corrected chi connectivity index (χ4v) is 4.44. The monoisotopic (exact) mass is 487 g/mol. The van der Waals surface area contributed by atoms with E-state index in [1.807, 2.05) is 6.92 Å². The number of carbonyl (C=O) groups excluding carboxylic acids is 1. The van der Waals surface area contributed by atoms with Gasteiger partial charge in [0.2, 0.25) is 0 Å². The van der Waals surface area contributed by atoms with Gasteiger partial charge in [-0.05, 0) is 55.5 Å². The number of alkyl halides is 3. The SMILES string of the molecule is Cc1ccc(F)c(C(=O)N2CCC[C@@H](C)[C@H]2CNc2ccc(C(F)(F)F)cn2)c1-c1ncccn1. The second kappa shape index (κ2) is 9.97. The molecular formula is C25H25F4N5O. The first-order chi connectivity index (χ1) is 16.7. The van der Waals surface area contributed by atoms with E-state index in [0.29, 0.717) is 17.7 Å². The Bertz CT molecular complexity index is 1180. The average molecular weight is 488 g/mol. The quantitative estimate of drug-likeness (QED) is 0.491. The molecule has 0 bridgehead atoms. The van der Waals surface area contributed by atoms with Crippen LogP contribution in [0.3, 0.4) is 0 Å². The highest BCUT2D eigenvalue weighted by atomic mass is 19.4. The van der Waals surface area contributed by atoms with Crippen LogP contribution in [0.1, 0.15) is 41.3 Å². The smallest absolute Gasteiger partial charge is 0.368 e. The lowest BCUT2D eigenvalue weighted by Crippen LogP contribution is -2.51. The van der Waals surface area contributed by atoms with Crippen LogP contribution in [-0.4, -0.2) is 44.9 Å². The highest BCUT2D eigenvalue weighted by Gasteiger charge is 2.35. The van der Waals surface area contributed by atoms with Crippen molar-refractivity contribution in [2.45, 2.75) is 38.9 Å². The number of pyridine rings is 1. The molecule has 0 radical (unpaired) electrons. The van der Waals surface area contributed by atoms with E-state index in [1.165, 1.54) is 24.5 Å². The molecule has 1 N–H and O–H groups in total. The average Bonchev–Trinajstić information content (AvgIpc) is 2.84. The molecule has 1 saturated heterocycles. The van der Waals surface area contributed by atoms with Gasteiger partial charge in [-0.3, -0.25) is 4.79 Å². The third-order valence-corrected chi connectivity index (χ3v) is 6.33. The molecule has 184 valence electrons. The topological polar surface area (TPSA) is 71.0 Å². The molecule has 1 aliphatic heterocycles. The molecule has 0 unspecified atom stereocenters. The first kappa shape index (κ1) is 24.6. The summed E-state index contributed by atoms with van der Waals surface area (Å²) in [5.74, 6) is -0.506. The predicted octanol–water partition coefficient (Wildman–Crippen LogP) is 5.36. The van der Waals surface area contributed by atoms with E-state index in [9.17, 15) is 18.0 Å². The molecule has 10 heteroatoms. The second-order valence-corrected chi connectivity index (χ2v) is 8.68. The van der Waals surface area contributed by atoms with Crippen molar-refractivity contribution in [3.63, 3.8) is 0 Å². The zero-order valence-electron chi connectivity index (χ0n) is 19.3. The van der Waals surface area contributed by atoms with Crippen LogP contribution in [0.25, 0.3) is 11.4 Å². The van der Waals surface area contributed by atoms with Crippen LogP contribution in [0.2, 0.25) is 0 Å². The minimum atomic E-state index is -4.47. The molecule has 3 aromatic rings. The number of nitrogens with one attached hydrogen (secondary N) is 1. The van der Waals surface area contributed by atoms with Gasteiger partial charge in [-0.25, -0.2) is 19.3 Å².